The van der Waals surface area contributed by atoms with Gasteiger partial charge in [-0.2, -0.15) is 0 Å². The Morgan fingerprint density at radius 2 is 2.11 bits per heavy atom. The first-order chi connectivity index (χ1) is 9.10. The Kier molecular flexibility index (Phi) is 4.88. The summed E-state index contributed by atoms with van der Waals surface area (Å²) in [5.41, 5.74) is -0.765. The van der Waals surface area contributed by atoms with Crippen LogP contribution in [0.3, 0.4) is 0 Å². The largest absolute Gasteiger partial charge is 0.480 e. The third-order valence-corrected chi connectivity index (χ3v) is 4.50. The number of nitrogens with one attached hydrogen (secondary N) is 1. The van der Waals surface area contributed by atoms with Crippen molar-refractivity contribution >= 4 is 17.7 Å². The predicted molar refractivity (Wildman–Crippen MR) is 78.6 cm³/mol. The lowest BCUT2D eigenvalue weighted by Gasteiger charge is -2.26. The van der Waals surface area contributed by atoms with E-state index in [1.807, 2.05) is 18.2 Å². The molecule has 2 rings (SSSR count). The minimum atomic E-state index is -0.765. The minimum Gasteiger partial charge on any atom is -0.480 e. The summed E-state index contributed by atoms with van der Waals surface area (Å²) < 4.78 is 0. The van der Waals surface area contributed by atoms with Gasteiger partial charge in [0.05, 0.1) is 0 Å². The van der Waals surface area contributed by atoms with Crippen molar-refractivity contribution in [1.82, 2.24) is 5.32 Å². The summed E-state index contributed by atoms with van der Waals surface area (Å²) in [5, 5.41) is 12.6. The van der Waals surface area contributed by atoms with Crippen molar-refractivity contribution in [1.29, 1.82) is 0 Å². The first kappa shape index (κ1) is 14.4. The molecule has 4 heteroatoms. The van der Waals surface area contributed by atoms with Crippen LogP contribution in [-0.2, 0) is 4.79 Å². The molecule has 1 aliphatic rings. The van der Waals surface area contributed by atoms with E-state index in [2.05, 4.69) is 17.4 Å². The number of thioether (sulfide) groups is 1. The maximum absolute atomic E-state index is 11.4. The van der Waals surface area contributed by atoms with Crippen LogP contribution in [0.4, 0.5) is 0 Å². The second kappa shape index (κ2) is 6.44. The number of carboxylic acid groups (broad SMARTS) is 1. The van der Waals surface area contributed by atoms with Crippen molar-refractivity contribution in [2.75, 3.05) is 5.75 Å². The number of rotatable bonds is 8. The molecule has 1 atom stereocenters. The summed E-state index contributed by atoms with van der Waals surface area (Å²) >= 11 is 1.79. The number of benzene rings is 1. The molecule has 1 aliphatic carbocycles. The number of hydrogen-bond donors (Lipinski definition) is 2. The molecule has 0 radical (unpaired) electrons. The molecule has 2 N–H and O–H groups in total. The Bertz CT molecular complexity index is 419. The first-order valence-corrected chi connectivity index (χ1v) is 7.78. The van der Waals surface area contributed by atoms with Crippen LogP contribution >= 0.6 is 11.8 Å². The summed E-state index contributed by atoms with van der Waals surface area (Å²) in [6.45, 7) is 1.81. The van der Waals surface area contributed by atoms with Gasteiger partial charge in [0.25, 0.3) is 0 Å². The van der Waals surface area contributed by atoms with Crippen LogP contribution in [-0.4, -0.2) is 28.4 Å². The van der Waals surface area contributed by atoms with Gasteiger partial charge in [-0.1, -0.05) is 18.2 Å². The van der Waals surface area contributed by atoms with Crippen molar-refractivity contribution in [3.8, 4) is 0 Å². The van der Waals surface area contributed by atoms with Crippen LogP contribution in [0.25, 0.3) is 0 Å². The van der Waals surface area contributed by atoms with Crippen molar-refractivity contribution in [3.63, 3.8) is 0 Å². The molecule has 0 heterocycles. The van der Waals surface area contributed by atoms with Gasteiger partial charge in [0.2, 0.25) is 0 Å². The van der Waals surface area contributed by atoms with Crippen LogP contribution in [0.2, 0.25) is 0 Å². The molecule has 0 aliphatic heterocycles. The van der Waals surface area contributed by atoms with Gasteiger partial charge >= 0.3 is 5.97 Å². The molecule has 0 bridgehead atoms. The zero-order valence-electron chi connectivity index (χ0n) is 11.3. The fourth-order valence-electron chi connectivity index (χ4n) is 2.05. The number of carbonyl (C=O) groups is 1. The smallest absolute Gasteiger partial charge is 0.323 e. The van der Waals surface area contributed by atoms with E-state index in [0.717, 1.165) is 25.0 Å². The summed E-state index contributed by atoms with van der Waals surface area (Å²) in [6.07, 6.45) is 3.81. The fraction of sp³-hybridized carbons (Fsp3) is 0.533. The number of carboxylic acids is 1. The van der Waals surface area contributed by atoms with Gasteiger partial charge in [0, 0.05) is 10.9 Å². The molecule has 0 saturated heterocycles. The van der Waals surface area contributed by atoms with Crippen LogP contribution in [0.15, 0.2) is 35.2 Å². The second-order valence-corrected chi connectivity index (χ2v) is 6.49. The van der Waals surface area contributed by atoms with Crippen molar-refractivity contribution in [2.24, 2.45) is 0 Å². The highest BCUT2D eigenvalue weighted by Gasteiger charge is 2.37. The van der Waals surface area contributed by atoms with Gasteiger partial charge < -0.3 is 5.11 Å². The highest BCUT2D eigenvalue weighted by Crippen LogP contribution is 2.26. The zero-order valence-corrected chi connectivity index (χ0v) is 12.1. The van der Waals surface area contributed by atoms with Gasteiger partial charge in [0.15, 0.2) is 0 Å². The average molecular weight is 279 g/mol. The third-order valence-electron chi connectivity index (χ3n) is 3.41. The van der Waals surface area contributed by atoms with Crippen LogP contribution in [0.1, 0.15) is 32.6 Å². The van der Waals surface area contributed by atoms with E-state index in [-0.39, 0.29) is 0 Å². The lowest BCUT2D eigenvalue weighted by molar-refractivity contribution is -0.144. The van der Waals surface area contributed by atoms with Crippen molar-refractivity contribution < 1.29 is 9.90 Å². The Balaban J connectivity index is 1.74. The number of hydrogen-bond acceptors (Lipinski definition) is 3. The molecule has 0 amide bonds. The molecule has 0 spiro atoms. The normalized spacial score (nSPS) is 17.9. The van der Waals surface area contributed by atoms with E-state index < -0.39 is 11.5 Å². The Hall–Kier alpha value is -1.00. The summed E-state index contributed by atoms with van der Waals surface area (Å²) in [4.78, 5) is 12.6. The minimum absolute atomic E-state index is 0.419. The molecular formula is C15H21NO2S. The summed E-state index contributed by atoms with van der Waals surface area (Å²) in [6, 6.07) is 10.7. The maximum atomic E-state index is 11.4. The SMILES string of the molecule is CC(CCCSc1ccccc1)(NC1CC1)C(=O)O. The Morgan fingerprint density at radius 1 is 1.42 bits per heavy atom. The van der Waals surface area contributed by atoms with Crippen molar-refractivity contribution in [3.05, 3.63) is 30.3 Å². The quantitative estimate of drug-likeness (QED) is 0.567. The lowest BCUT2D eigenvalue weighted by atomic mass is 9.96. The molecule has 3 nitrogen and oxygen atoms in total. The standard InChI is InChI=1S/C15H21NO2S/c1-15(14(17)18,16-12-8-9-12)10-5-11-19-13-6-3-2-4-7-13/h2-4,6-7,12,16H,5,8-11H2,1H3,(H,17,18). The third kappa shape index (κ3) is 4.55. The van der Waals surface area contributed by atoms with E-state index in [4.69, 9.17) is 0 Å². The van der Waals surface area contributed by atoms with E-state index in [1.54, 1.807) is 18.7 Å². The molecule has 1 unspecified atom stereocenters. The maximum Gasteiger partial charge on any atom is 0.323 e. The van der Waals surface area contributed by atoms with Gasteiger partial charge in [-0.05, 0) is 50.5 Å². The van der Waals surface area contributed by atoms with E-state index in [1.165, 1.54) is 4.90 Å². The summed E-state index contributed by atoms with van der Waals surface area (Å²) in [7, 11) is 0. The molecule has 1 aromatic rings. The van der Waals surface area contributed by atoms with Crippen molar-refractivity contribution in [2.45, 2.75) is 49.1 Å². The molecule has 1 saturated carbocycles. The topological polar surface area (TPSA) is 49.3 Å². The van der Waals surface area contributed by atoms with Gasteiger partial charge in [-0.25, -0.2) is 0 Å². The molecular weight excluding hydrogens is 258 g/mol. The predicted octanol–water partition coefficient (Wildman–Crippen LogP) is 3.15. The molecule has 104 valence electrons. The summed E-state index contributed by atoms with van der Waals surface area (Å²) in [5.74, 6) is 0.225. The lowest BCUT2D eigenvalue weighted by Crippen LogP contribution is -2.50. The Morgan fingerprint density at radius 3 is 2.68 bits per heavy atom. The van der Waals surface area contributed by atoms with E-state index in [9.17, 15) is 9.90 Å². The monoisotopic (exact) mass is 279 g/mol. The average Bonchev–Trinajstić information content (AvgIpc) is 3.19. The second-order valence-electron chi connectivity index (χ2n) is 5.32. The first-order valence-electron chi connectivity index (χ1n) is 6.79. The molecule has 0 aromatic heterocycles. The highest BCUT2D eigenvalue weighted by molar-refractivity contribution is 7.99. The molecule has 1 fully saturated rings. The highest BCUT2D eigenvalue weighted by atomic mass is 32.2. The van der Waals surface area contributed by atoms with Gasteiger partial charge in [-0.3, -0.25) is 10.1 Å². The van der Waals surface area contributed by atoms with E-state index in [0.29, 0.717) is 12.5 Å². The number of aliphatic carboxylic acids is 1. The zero-order chi connectivity index (χ0) is 13.7. The van der Waals surface area contributed by atoms with Gasteiger partial charge in [0.1, 0.15) is 5.54 Å². The van der Waals surface area contributed by atoms with E-state index >= 15 is 0 Å². The Labute approximate surface area is 118 Å². The van der Waals surface area contributed by atoms with Gasteiger partial charge in [-0.15, -0.1) is 11.8 Å². The molecule has 19 heavy (non-hydrogen) atoms. The van der Waals surface area contributed by atoms with Crippen LogP contribution in [0.5, 0.6) is 0 Å². The van der Waals surface area contributed by atoms with Crippen LogP contribution < -0.4 is 5.32 Å². The molecule has 1 aromatic carbocycles. The van der Waals surface area contributed by atoms with Crippen LogP contribution in [0, 0.1) is 0 Å². The fourth-order valence-corrected chi connectivity index (χ4v) is 2.93.